The first-order valence-corrected chi connectivity index (χ1v) is 4.15. The smallest absolute Gasteiger partial charge is 0.209 e. The molecule has 0 fully saturated rings. The number of aliphatic hydroxyl groups is 1. The molecule has 0 aromatic carbocycles. The van der Waals surface area contributed by atoms with Gasteiger partial charge < -0.3 is 9.90 Å². The Morgan fingerprint density at radius 1 is 1.86 bits per heavy atom. The second kappa shape index (κ2) is 4.30. The summed E-state index contributed by atoms with van der Waals surface area (Å²) in [7, 11) is -1.14. The summed E-state index contributed by atoms with van der Waals surface area (Å²) in [6.07, 6.45) is 0.430. The van der Waals surface area contributed by atoms with E-state index in [1.54, 1.807) is 0 Å². The van der Waals surface area contributed by atoms with Gasteiger partial charge in [0.15, 0.2) is 0 Å². The molecule has 1 radical (unpaired) electrons. The lowest BCUT2D eigenvalue weighted by molar-refractivity contribution is 0.186. The van der Waals surface area contributed by atoms with Gasteiger partial charge in [-0.1, -0.05) is 6.92 Å². The van der Waals surface area contributed by atoms with E-state index in [1.807, 2.05) is 6.92 Å². The van der Waals surface area contributed by atoms with E-state index in [0.29, 0.717) is 6.04 Å². The van der Waals surface area contributed by atoms with E-state index in [1.165, 1.54) is 0 Å². The Bertz CT molecular complexity index is 40.7. The predicted molar refractivity (Wildman–Crippen MR) is 30.3 cm³/mol. The maximum Gasteiger partial charge on any atom is 0.209 e. The molecule has 7 heavy (non-hydrogen) atoms. The molecule has 1 unspecified atom stereocenters. The van der Waals surface area contributed by atoms with Crippen LogP contribution in [-0.4, -0.2) is 21.0 Å². The van der Waals surface area contributed by atoms with Crippen LogP contribution in [0.15, 0.2) is 0 Å². The maximum atomic E-state index is 9.88. The minimum Gasteiger partial charge on any atom is -0.393 e. The second-order valence-electron chi connectivity index (χ2n) is 1.55. The fourth-order valence-corrected chi connectivity index (χ4v) is 1.02. The highest BCUT2D eigenvalue weighted by Gasteiger charge is 1.97. The Morgan fingerprint density at radius 3 is 2.57 bits per heavy atom. The standard InChI is InChI=1S/C4H11O2Si/c1-2-4(5)3-7-6/h4-5H,2-3,7H2,1H3. The summed E-state index contributed by atoms with van der Waals surface area (Å²) in [6, 6.07) is 0.538. The van der Waals surface area contributed by atoms with Crippen LogP contribution in [0.25, 0.3) is 0 Å². The Morgan fingerprint density at radius 2 is 2.43 bits per heavy atom. The first-order chi connectivity index (χ1) is 3.31. The molecule has 0 saturated heterocycles. The summed E-state index contributed by atoms with van der Waals surface area (Å²) < 4.78 is 0. The number of hydrogen-bond donors (Lipinski definition) is 1. The van der Waals surface area contributed by atoms with Gasteiger partial charge >= 0.3 is 0 Å². The highest BCUT2D eigenvalue weighted by atomic mass is 28.2. The van der Waals surface area contributed by atoms with Crippen molar-refractivity contribution in [3.63, 3.8) is 0 Å². The summed E-state index contributed by atoms with van der Waals surface area (Å²) in [5.41, 5.74) is 0. The molecule has 1 atom stereocenters. The second-order valence-corrected chi connectivity index (χ2v) is 2.54. The van der Waals surface area contributed by atoms with Crippen molar-refractivity contribution in [2.75, 3.05) is 0 Å². The first kappa shape index (κ1) is 7.14. The normalized spacial score (nSPS) is 15.9. The molecule has 0 aliphatic heterocycles. The molecule has 0 aliphatic carbocycles. The lowest BCUT2D eigenvalue weighted by atomic mass is 10.3. The third-order valence-electron chi connectivity index (χ3n) is 0.922. The quantitative estimate of drug-likeness (QED) is 0.509. The zero-order valence-electron chi connectivity index (χ0n) is 4.55. The van der Waals surface area contributed by atoms with E-state index in [-0.39, 0.29) is 6.10 Å². The Kier molecular flexibility index (Phi) is 4.38. The molecule has 43 valence electrons. The zero-order valence-corrected chi connectivity index (χ0v) is 5.97. The van der Waals surface area contributed by atoms with Gasteiger partial charge in [0.05, 0.1) is 6.10 Å². The molecule has 2 nitrogen and oxygen atoms in total. The first-order valence-electron chi connectivity index (χ1n) is 2.57. The molecule has 0 bridgehead atoms. The molecule has 0 aromatic heterocycles. The van der Waals surface area contributed by atoms with Crippen molar-refractivity contribution in [1.82, 2.24) is 0 Å². The molecule has 0 amide bonds. The fourth-order valence-electron chi connectivity index (χ4n) is 0.340. The summed E-state index contributed by atoms with van der Waals surface area (Å²) in [5.74, 6) is 0. The van der Waals surface area contributed by atoms with Gasteiger partial charge in [-0.2, -0.15) is 0 Å². The van der Waals surface area contributed by atoms with E-state index in [9.17, 15) is 4.80 Å². The largest absolute Gasteiger partial charge is 0.393 e. The minimum absolute atomic E-state index is 0.302. The maximum absolute atomic E-state index is 9.88. The Labute approximate surface area is 46.1 Å². The molecule has 3 heteroatoms. The molecule has 0 rings (SSSR count). The molecule has 0 heterocycles. The van der Waals surface area contributed by atoms with Crippen molar-refractivity contribution in [1.29, 1.82) is 0 Å². The molecule has 0 spiro atoms. The Balaban J connectivity index is 2.83. The van der Waals surface area contributed by atoms with Gasteiger partial charge in [-0.15, -0.1) is 0 Å². The van der Waals surface area contributed by atoms with Crippen LogP contribution in [0.4, 0.5) is 0 Å². The van der Waals surface area contributed by atoms with Crippen LogP contribution in [0.3, 0.4) is 0 Å². The van der Waals surface area contributed by atoms with E-state index in [2.05, 4.69) is 0 Å². The van der Waals surface area contributed by atoms with Gasteiger partial charge in [-0.05, 0) is 12.5 Å². The summed E-state index contributed by atoms with van der Waals surface area (Å²) in [5, 5.41) is 8.69. The number of hydrogen-bond acceptors (Lipinski definition) is 1. The van der Waals surface area contributed by atoms with E-state index in [0.717, 1.165) is 6.42 Å². The monoisotopic (exact) mass is 119 g/mol. The molecular weight excluding hydrogens is 108 g/mol. The molecular formula is C4H11O2Si. The average molecular weight is 119 g/mol. The third kappa shape index (κ3) is 3.98. The van der Waals surface area contributed by atoms with Crippen molar-refractivity contribution >= 4 is 9.76 Å². The highest BCUT2D eigenvalue weighted by molar-refractivity contribution is 6.24. The van der Waals surface area contributed by atoms with Crippen LogP contribution in [0, 0.1) is 0 Å². The van der Waals surface area contributed by atoms with Crippen LogP contribution in [0.2, 0.25) is 6.04 Å². The van der Waals surface area contributed by atoms with E-state index >= 15 is 0 Å². The fraction of sp³-hybridized carbons (Fsp3) is 1.00. The minimum atomic E-state index is -1.14. The Hall–Kier alpha value is 0.137. The predicted octanol–water partition coefficient (Wildman–Crippen LogP) is -0.310. The van der Waals surface area contributed by atoms with Crippen LogP contribution in [0.1, 0.15) is 13.3 Å². The van der Waals surface area contributed by atoms with Crippen LogP contribution >= 0.6 is 0 Å². The third-order valence-corrected chi connectivity index (χ3v) is 1.82. The number of rotatable bonds is 3. The van der Waals surface area contributed by atoms with Crippen molar-refractivity contribution in [2.45, 2.75) is 25.5 Å². The number of aliphatic hydroxyl groups excluding tert-OH is 1. The molecule has 0 aromatic rings. The average Bonchev–Trinajstić information content (AvgIpc) is 1.68. The molecule has 1 N–H and O–H groups in total. The molecule has 0 saturated carbocycles. The van der Waals surface area contributed by atoms with Gasteiger partial charge in [0, 0.05) is 0 Å². The van der Waals surface area contributed by atoms with Crippen molar-refractivity contribution < 1.29 is 9.90 Å². The van der Waals surface area contributed by atoms with Crippen molar-refractivity contribution in [2.24, 2.45) is 0 Å². The van der Waals surface area contributed by atoms with Crippen LogP contribution in [0.5, 0.6) is 0 Å². The van der Waals surface area contributed by atoms with Crippen LogP contribution in [-0.2, 0) is 4.80 Å². The van der Waals surface area contributed by atoms with Gasteiger partial charge in [-0.25, -0.2) is 0 Å². The van der Waals surface area contributed by atoms with Crippen molar-refractivity contribution in [3.05, 3.63) is 0 Å². The highest BCUT2D eigenvalue weighted by Crippen LogP contribution is 1.93. The summed E-state index contributed by atoms with van der Waals surface area (Å²) in [6.45, 7) is 1.88. The lowest BCUT2D eigenvalue weighted by Crippen LogP contribution is -2.05. The SMILES string of the molecule is CCC(O)C[SiH2][O]. The topological polar surface area (TPSA) is 40.1 Å². The lowest BCUT2D eigenvalue weighted by Gasteiger charge is -1.99. The summed E-state index contributed by atoms with van der Waals surface area (Å²) >= 11 is 0. The van der Waals surface area contributed by atoms with Gasteiger partial charge in [0.2, 0.25) is 9.76 Å². The van der Waals surface area contributed by atoms with Gasteiger partial charge in [0.1, 0.15) is 0 Å². The van der Waals surface area contributed by atoms with Crippen molar-refractivity contribution in [3.8, 4) is 0 Å². The zero-order chi connectivity index (χ0) is 5.70. The van der Waals surface area contributed by atoms with E-state index in [4.69, 9.17) is 5.11 Å². The van der Waals surface area contributed by atoms with Crippen LogP contribution < -0.4 is 0 Å². The van der Waals surface area contributed by atoms with Gasteiger partial charge in [0.25, 0.3) is 0 Å². The van der Waals surface area contributed by atoms with Gasteiger partial charge in [-0.3, -0.25) is 0 Å². The summed E-state index contributed by atoms with van der Waals surface area (Å²) in [4.78, 5) is 9.88. The van der Waals surface area contributed by atoms with E-state index < -0.39 is 9.76 Å². The molecule has 0 aliphatic rings.